The number of quaternary nitrogens is 1. The van der Waals surface area contributed by atoms with Crippen LogP contribution in [0.1, 0.15) is 17.5 Å². The Balaban J connectivity index is 1.43. The van der Waals surface area contributed by atoms with Crippen LogP contribution in [-0.2, 0) is 20.2 Å². The van der Waals surface area contributed by atoms with Gasteiger partial charge in [0.25, 0.3) is 0 Å². The molecule has 29 heavy (non-hydrogen) atoms. The van der Waals surface area contributed by atoms with Crippen molar-refractivity contribution in [3.63, 3.8) is 0 Å². The van der Waals surface area contributed by atoms with Crippen molar-refractivity contribution in [1.29, 1.82) is 0 Å². The van der Waals surface area contributed by atoms with E-state index >= 15 is 0 Å². The first kappa shape index (κ1) is 21.1. The monoisotopic (exact) mass is 418 g/mol. The van der Waals surface area contributed by atoms with Gasteiger partial charge < -0.3 is 14.8 Å². The van der Waals surface area contributed by atoms with Crippen LogP contribution in [0.3, 0.4) is 0 Å². The predicted molar refractivity (Wildman–Crippen MR) is 108 cm³/mol. The lowest BCUT2D eigenvalue weighted by molar-refractivity contribution is -0.670. The van der Waals surface area contributed by atoms with Gasteiger partial charge in [0.15, 0.2) is 11.5 Å². The first-order valence-corrected chi connectivity index (χ1v) is 10.4. The van der Waals surface area contributed by atoms with E-state index in [0.29, 0.717) is 17.1 Å². The highest BCUT2D eigenvalue weighted by molar-refractivity contribution is 7.99. The minimum absolute atomic E-state index is 0.160. The van der Waals surface area contributed by atoms with Gasteiger partial charge in [-0.1, -0.05) is 30.0 Å². The van der Waals surface area contributed by atoms with Crippen molar-refractivity contribution in [2.24, 2.45) is 7.05 Å². The van der Waals surface area contributed by atoms with Gasteiger partial charge >= 0.3 is 0 Å². The molecule has 0 spiro atoms. The molecule has 0 aliphatic carbocycles. The molecule has 0 saturated heterocycles. The van der Waals surface area contributed by atoms with Gasteiger partial charge in [-0.05, 0) is 34.7 Å². The fourth-order valence-corrected chi connectivity index (χ4v) is 3.54. The van der Waals surface area contributed by atoms with Crippen LogP contribution in [0.5, 0.6) is 11.5 Å². The van der Waals surface area contributed by atoms with Crippen molar-refractivity contribution < 1.29 is 19.2 Å². The van der Waals surface area contributed by atoms with Crippen molar-refractivity contribution in [3.8, 4) is 11.5 Å². The summed E-state index contributed by atoms with van der Waals surface area (Å²) in [5, 5.41) is 14.5. The summed E-state index contributed by atoms with van der Waals surface area (Å²) in [6.45, 7) is 2.01. The second-order valence-corrected chi connectivity index (χ2v) is 7.50. The third-order valence-corrected chi connectivity index (χ3v) is 5.41. The molecule has 7 nitrogen and oxygen atoms in total. The topological polar surface area (TPSA) is 78.7 Å². The van der Waals surface area contributed by atoms with E-state index in [0.717, 1.165) is 36.0 Å². The fraction of sp³-hybridized carbons (Fsp3) is 0.350. The molecule has 0 amide bonds. The highest BCUT2D eigenvalue weighted by Gasteiger charge is 2.09. The van der Waals surface area contributed by atoms with E-state index in [1.54, 1.807) is 41.8 Å². The van der Waals surface area contributed by atoms with Gasteiger partial charge in [0.2, 0.25) is 5.16 Å². The van der Waals surface area contributed by atoms with Gasteiger partial charge in [0.1, 0.15) is 19.0 Å². The first-order chi connectivity index (χ1) is 14.2. The van der Waals surface area contributed by atoms with Crippen LogP contribution < -0.4 is 14.8 Å². The molecule has 0 bridgehead atoms. The lowest BCUT2D eigenvalue weighted by Crippen LogP contribution is -2.82. The van der Waals surface area contributed by atoms with E-state index in [2.05, 4.69) is 20.8 Å². The normalized spacial score (nSPS) is 10.9. The zero-order valence-electron chi connectivity index (χ0n) is 16.5. The summed E-state index contributed by atoms with van der Waals surface area (Å²) < 4.78 is 26.6. The minimum atomic E-state index is -0.272. The maximum absolute atomic E-state index is 13.7. The molecule has 3 rings (SSSR count). The van der Waals surface area contributed by atoms with Crippen molar-refractivity contribution in [2.75, 3.05) is 19.4 Å². The molecule has 0 saturated carbocycles. The Hall–Kier alpha value is -2.65. The van der Waals surface area contributed by atoms with Crippen molar-refractivity contribution in [1.82, 2.24) is 20.2 Å². The van der Waals surface area contributed by atoms with Crippen molar-refractivity contribution >= 4 is 11.8 Å². The number of aryl methyl sites for hydroxylation is 1. The molecule has 0 fully saturated rings. The van der Waals surface area contributed by atoms with Gasteiger partial charge in [-0.3, -0.25) is 0 Å². The van der Waals surface area contributed by atoms with Gasteiger partial charge in [-0.25, -0.2) is 9.07 Å². The fourth-order valence-electron chi connectivity index (χ4n) is 2.73. The number of aromatic nitrogens is 4. The Morgan fingerprint density at radius 3 is 2.79 bits per heavy atom. The number of halogens is 1. The maximum Gasteiger partial charge on any atom is 0.209 e. The first-order valence-electron chi connectivity index (χ1n) is 9.37. The Kier molecular flexibility index (Phi) is 7.83. The van der Waals surface area contributed by atoms with E-state index in [-0.39, 0.29) is 12.4 Å². The second-order valence-electron chi connectivity index (χ2n) is 6.43. The van der Waals surface area contributed by atoms with Gasteiger partial charge in [0.05, 0.1) is 13.7 Å². The molecule has 154 valence electrons. The highest BCUT2D eigenvalue weighted by atomic mass is 32.2. The van der Waals surface area contributed by atoms with E-state index in [9.17, 15) is 4.39 Å². The standard InChI is InChI=1S/C20H24FN5O2S/c1-26-20(23-24-25-26)29-11-5-10-22-13-15-8-9-18(19(12-15)27-2)28-14-16-6-3-4-7-17(16)21/h3-4,6-9,12,22H,5,10-11,13-14H2,1-2H3/p+1. The number of methoxy groups -OCH3 is 1. The number of rotatable bonds is 11. The van der Waals surface area contributed by atoms with Crippen LogP contribution >= 0.6 is 11.8 Å². The summed E-state index contributed by atoms with van der Waals surface area (Å²) in [4.78, 5) is 0. The molecule has 3 aromatic rings. The van der Waals surface area contributed by atoms with Gasteiger partial charge in [0, 0.05) is 30.3 Å². The number of hydrogen-bond acceptors (Lipinski definition) is 6. The number of nitrogens with zero attached hydrogens (tertiary/aromatic N) is 4. The zero-order chi connectivity index (χ0) is 20.5. The average Bonchev–Trinajstić information content (AvgIpc) is 3.15. The zero-order valence-corrected chi connectivity index (χ0v) is 17.4. The van der Waals surface area contributed by atoms with E-state index in [4.69, 9.17) is 9.47 Å². The summed E-state index contributed by atoms with van der Waals surface area (Å²) in [7, 11) is 3.45. The molecule has 1 aromatic heterocycles. The number of thioether (sulfide) groups is 1. The number of hydrogen-bond donors (Lipinski definition) is 1. The Morgan fingerprint density at radius 2 is 2.03 bits per heavy atom. The molecule has 9 heteroatoms. The highest BCUT2D eigenvalue weighted by Crippen LogP contribution is 2.28. The number of nitrogens with two attached hydrogens (primary N) is 1. The molecule has 2 aromatic carbocycles. The van der Waals surface area contributed by atoms with Crippen LogP contribution in [0.15, 0.2) is 47.6 Å². The Morgan fingerprint density at radius 1 is 1.17 bits per heavy atom. The van der Waals surface area contributed by atoms with E-state index in [1.165, 1.54) is 6.07 Å². The summed E-state index contributed by atoms with van der Waals surface area (Å²) in [5.74, 6) is 1.95. The predicted octanol–water partition coefficient (Wildman–Crippen LogP) is 2.18. The summed E-state index contributed by atoms with van der Waals surface area (Å²) in [6.07, 6.45) is 1.05. The summed E-state index contributed by atoms with van der Waals surface area (Å²) in [5.41, 5.74) is 1.66. The molecule has 2 N–H and O–H groups in total. The molecule has 0 aliphatic rings. The van der Waals surface area contributed by atoms with Crippen LogP contribution in [0.2, 0.25) is 0 Å². The average molecular weight is 419 g/mol. The SMILES string of the molecule is COc1cc(C[NH2+]CCCSc2nnnn2C)ccc1OCc1ccccc1F. The number of tetrazole rings is 1. The Bertz CT molecular complexity index is 921. The lowest BCUT2D eigenvalue weighted by atomic mass is 10.2. The summed E-state index contributed by atoms with van der Waals surface area (Å²) in [6, 6.07) is 12.4. The van der Waals surface area contributed by atoms with Crippen LogP contribution in [0.4, 0.5) is 4.39 Å². The minimum Gasteiger partial charge on any atom is -0.493 e. The van der Waals surface area contributed by atoms with Gasteiger partial charge in [-0.15, -0.1) is 5.10 Å². The van der Waals surface area contributed by atoms with Gasteiger partial charge in [-0.2, -0.15) is 0 Å². The second kappa shape index (κ2) is 10.8. The smallest absolute Gasteiger partial charge is 0.209 e. The van der Waals surface area contributed by atoms with Crippen molar-refractivity contribution in [3.05, 3.63) is 59.4 Å². The van der Waals surface area contributed by atoms with E-state index in [1.807, 2.05) is 25.2 Å². The van der Waals surface area contributed by atoms with Crippen LogP contribution in [-0.4, -0.2) is 39.6 Å². The lowest BCUT2D eigenvalue weighted by Gasteiger charge is -2.12. The van der Waals surface area contributed by atoms with Crippen molar-refractivity contribution in [2.45, 2.75) is 24.7 Å². The third kappa shape index (κ3) is 6.16. The number of ether oxygens (including phenoxy) is 2. The van der Waals surface area contributed by atoms with Crippen LogP contribution in [0, 0.1) is 5.82 Å². The molecular weight excluding hydrogens is 393 g/mol. The van der Waals surface area contributed by atoms with E-state index < -0.39 is 0 Å². The largest absolute Gasteiger partial charge is 0.493 e. The Labute approximate surface area is 173 Å². The summed E-state index contributed by atoms with van der Waals surface area (Å²) >= 11 is 1.66. The molecule has 0 aliphatic heterocycles. The molecular formula is C20H25FN5O2S+. The molecule has 0 radical (unpaired) electrons. The third-order valence-electron chi connectivity index (χ3n) is 4.31. The number of benzene rings is 2. The molecule has 0 atom stereocenters. The maximum atomic E-state index is 13.7. The quantitative estimate of drug-likeness (QED) is 0.380. The molecule has 0 unspecified atom stereocenters. The molecule has 1 heterocycles. The van der Waals surface area contributed by atoms with Crippen LogP contribution in [0.25, 0.3) is 0 Å².